The Bertz CT molecular complexity index is 465. The predicted molar refractivity (Wildman–Crippen MR) is 70.4 cm³/mol. The van der Waals surface area contributed by atoms with E-state index in [0.29, 0.717) is 11.1 Å². The molecule has 0 saturated heterocycles. The highest BCUT2D eigenvalue weighted by molar-refractivity contribution is 6.29. The van der Waals surface area contributed by atoms with Gasteiger partial charge in [-0.25, -0.2) is 9.97 Å². The summed E-state index contributed by atoms with van der Waals surface area (Å²) >= 11 is 5.85. The zero-order valence-corrected chi connectivity index (χ0v) is 10.4. The number of anilines is 1. The van der Waals surface area contributed by atoms with Crippen LogP contribution in [0.3, 0.4) is 0 Å². The first-order valence-corrected chi connectivity index (χ1v) is 5.91. The molecule has 0 radical (unpaired) electrons. The normalized spacial score (nSPS) is 10.2. The molecule has 4 heteroatoms. The van der Waals surface area contributed by atoms with Gasteiger partial charge in [0.1, 0.15) is 5.15 Å². The third-order valence-corrected chi connectivity index (χ3v) is 2.56. The Hall–Kier alpha value is -1.61. The monoisotopic (exact) mass is 247 g/mol. The quantitative estimate of drug-likeness (QED) is 0.844. The second-order valence-electron chi connectivity index (χ2n) is 3.82. The molecule has 0 aliphatic carbocycles. The minimum absolute atomic E-state index is 0.472. The highest BCUT2D eigenvalue weighted by Gasteiger charge is 1.99. The van der Waals surface area contributed by atoms with Gasteiger partial charge >= 0.3 is 0 Å². The van der Waals surface area contributed by atoms with Gasteiger partial charge in [-0.2, -0.15) is 0 Å². The lowest BCUT2D eigenvalue weighted by atomic mass is 10.1. The average Bonchev–Trinajstić information content (AvgIpc) is 2.29. The van der Waals surface area contributed by atoms with Gasteiger partial charge in [-0.1, -0.05) is 41.9 Å². The molecule has 0 aliphatic heterocycles. The van der Waals surface area contributed by atoms with Crippen molar-refractivity contribution in [2.75, 3.05) is 11.9 Å². The second kappa shape index (κ2) is 5.64. The minimum Gasteiger partial charge on any atom is -0.354 e. The van der Waals surface area contributed by atoms with Gasteiger partial charge in [0, 0.05) is 12.2 Å². The fraction of sp³-hybridized carbons (Fsp3) is 0.231. The minimum atomic E-state index is 0.472. The van der Waals surface area contributed by atoms with Crippen LogP contribution >= 0.6 is 11.6 Å². The van der Waals surface area contributed by atoms with Crippen molar-refractivity contribution < 1.29 is 0 Å². The van der Waals surface area contributed by atoms with E-state index in [9.17, 15) is 0 Å². The highest BCUT2D eigenvalue weighted by Crippen LogP contribution is 2.09. The summed E-state index contributed by atoms with van der Waals surface area (Å²) < 4.78 is 0. The predicted octanol–water partition coefficient (Wildman–Crippen LogP) is 3.09. The van der Waals surface area contributed by atoms with Crippen molar-refractivity contribution >= 4 is 17.5 Å². The van der Waals surface area contributed by atoms with Gasteiger partial charge in [-0.05, 0) is 25.0 Å². The summed E-state index contributed by atoms with van der Waals surface area (Å²) in [6.45, 7) is 2.69. The standard InChI is InChI=1S/C13H14ClN3/c1-10-9-12(14)17-13(16-10)15-8-7-11-5-3-2-4-6-11/h2-6,9H,7-8H2,1H3,(H,15,16,17). The summed E-state index contributed by atoms with van der Waals surface area (Å²) in [5.41, 5.74) is 2.16. The van der Waals surface area contributed by atoms with Crippen molar-refractivity contribution in [2.24, 2.45) is 0 Å². The van der Waals surface area contributed by atoms with E-state index in [4.69, 9.17) is 11.6 Å². The molecule has 88 valence electrons. The summed E-state index contributed by atoms with van der Waals surface area (Å²) in [7, 11) is 0. The number of benzene rings is 1. The molecule has 2 rings (SSSR count). The van der Waals surface area contributed by atoms with Crippen molar-refractivity contribution in [3.05, 3.63) is 52.8 Å². The van der Waals surface area contributed by atoms with Gasteiger partial charge in [0.2, 0.25) is 5.95 Å². The number of hydrogen-bond acceptors (Lipinski definition) is 3. The van der Waals surface area contributed by atoms with Crippen LogP contribution in [0.15, 0.2) is 36.4 Å². The topological polar surface area (TPSA) is 37.8 Å². The van der Waals surface area contributed by atoms with Gasteiger partial charge in [-0.15, -0.1) is 0 Å². The van der Waals surface area contributed by atoms with E-state index in [2.05, 4.69) is 27.4 Å². The third-order valence-electron chi connectivity index (χ3n) is 2.36. The van der Waals surface area contributed by atoms with Crippen LogP contribution in [0.5, 0.6) is 0 Å². The number of rotatable bonds is 4. The van der Waals surface area contributed by atoms with Crippen LogP contribution < -0.4 is 5.32 Å². The SMILES string of the molecule is Cc1cc(Cl)nc(NCCc2ccccc2)n1. The Morgan fingerprint density at radius 2 is 1.94 bits per heavy atom. The summed E-state index contributed by atoms with van der Waals surface area (Å²) in [5, 5.41) is 3.64. The lowest BCUT2D eigenvalue weighted by Crippen LogP contribution is -2.08. The first-order chi connectivity index (χ1) is 8.24. The van der Waals surface area contributed by atoms with Crippen molar-refractivity contribution in [1.29, 1.82) is 0 Å². The molecule has 1 heterocycles. The van der Waals surface area contributed by atoms with Crippen LogP contribution in [0.4, 0.5) is 5.95 Å². The second-order valence-corrected chi connectivity index (χ2v) is 4.21. The molecule has 0 amide bonds. The van der Waals surface area contributed by atoms with Gasteiger partial charge in [0.25, 0.3) is 0 Å². The Morgan fingerprint density at radius 3 is 2.65 bits per heavy atom. The first kappa shape index (κ1) is 11.9. The Morgan fingerprint density at radius 1 is 1.18 bits per heavy atom. The molecule has 2 aromatic rings. The van der Waals surface area contributed by atoms with E-state index in [1.165, 1.54) is 5.56 Å². The van der Waals surface area contributed by atoms with Crippen molar-refractivity contribution in [1.82, 2.24) is 9.97 Å². The van der Waals surface area contributed by atoms with Crippen molar-refractivity contribution in [2.45, 2.75) is 13.3 Å². The van der Waals surface area contributed by atoms with Gasteiger partial charge in [0.15, 0.2) is 0 Å². The lowest BCUT2D eigenvalue weighted by Gasteiger charge is -2.05. The van der Waals surface area contributed by atoms with Crippen molar-refractivity contribution in [3.63, 3.8) is 0 Å². The number of nitrogens with zero attached hydrogens (tertiary/aromatic N) is 2. The smallest absolute Gasteiger partial charge is 0.224 e. The number of aryl methyl sites for hydroxylation is 1. The lowest BCUT2D eigenvalue weighted by molar-refractivity contribution is 0.975. The van der Waals surface area contributed by atoms with E-state index < -0.39 is 0 Å². The molecule has 3 nitrogen and oxygen atoms in total. The van der Waals surface area contributed by atoms with Gasteiger partial charge < -0.3 is 5.32 Å². The summed E-state index contributed by atoms with van der Waals surface area (Å²) in [6, 6.07) is 12.0. The van der Waals surface area contributed by atoms with Gasteiger partial charge in [-0.3, -0.25) is 0 Å². The summed E-state index contributed by atoms with van der Waals surface area (Å²) in [5.74, 6) is 0.589. The fourth-order valence-electron chi connectivity index (χ4n) is 1.57. The molecule has 17 heavy (non-hydrogen) atoms. The van der Waals surface area contributed by atoms with Crippen LogP contribution in [-0.4, -0.2) is 16.5 Å². The first-order valence-electron chi connectivity index (χ1n) is 5.53. The van der Waals surface area contributed by atoms with Crippen LogP contribution in [-0.2, 0) is 6.42 Å². The zero-order valence-electron chi connectivity index (χ0n) is 9.65. The zero-order chi connectivity index (χ0) is 12.1. The molecular weight excluding hydrogens is 234 g/mol. The molecule has 0 aliphatic rings. The van der Waals surface area contributed by atoms with Crippen molar-refractivity contribution in [3.8, 4) is 0 Å². The number of halogens is 1. The summed E-state index contributed by atoms with van der Waals surface area (Å²) in [4.78, 5) is 8.37. The largest absolute Gasteiger partial charge is 0.354 e. The molecule has 0 fully saturated rings. The molecule has 1 aromatic carbocycles. The van der Waals surface area contributed by atoms with E-state index in [-0.39, 0.29) is 0 Å². The molecule has 0 bridgehead atoms. The third kappa shape index (κ3) is 3.71. The van der Waals surface area contributed by atoms with E-state index >= 15 is 0 Å². The van der Waals surface area contributed by atoms with Gasteiger partial charge in [0.05, 0.1) is 0 Å². The molecule has 0 spiro atoms. The summed E-state index contributed by atoms with van der Waals surface area (Å²) in [6.07, 6.45) is 0.940. The maximum absolute atomic E-state index is 5.85. The molecule has 0 atom stereocenters. The number of nitrogens with one attached hydrogen (secondary N) is 1. The Labute approximate surface area is 106 Å². The van der Waals surface area contributed by atoms with E-state index in [1.807, 2.05) is 25.1 Å². The number of aromatic nitrogens is 2. The molecule has 1 aromatic heterocycles. The van der Waals surface area contributed by atoms with Crippen LogP contribution in [0, 0.1) is 6.92 Å². The highest BCUT2D eigenvalue weighted by atomic mass is 35.5. The molecule has 0 saturated carbocycles. The fourth-order valence-corrected chi connectivity index (χ4v) is 1.81. The Balaban J connectivity index is 1.90. The maximum atomic E-state index is 5.85. The maximum Gasteiger partial charge on any atom is 0.224 e. The molecule has 1 N–H and O–H groups in total. The van der Waals surface area contributed by atoms with Crippen LogP contribution in [0.2, 0.25) is 5.15 Å². The number of hydrogen-bond donors (Lipinski definition) is 1. The molecular formula is C13H14ClN3. The van der Waals surface area contributed by atoms with Crippen LogP contribution in [0.1, 0.15) is 11.3 Å². The van der Waals surface area contributed by atoms with E-state index in [1.54, 1.807) is 6.07 Å². The van der Waals surface area contributed by atoms with Crippen LogP contribution in [0.25, 0.3) is 0 Å². The average molecular weight is 248 g/mol. The molecule has 0 unspecified atom stereocenters. The van der Waals surface area contributed by atoms with E-state index in [0.717, 1.165) is 18.7 Å². The Kier molecular flexibility index (Phi) is 3.94.